The maximum Gasteiger partial charge on any atom is 0.264 e. The van der Waals surface area contributed by atoms with Gasteiger partial charge in [0, 0.05) is 18.7 Å². The molecule has 0 bridgehead atoms. The second-order valence-corrected chi connectivity index (χ2v) is 10.0. The van der Waals surface area contributed by atoms with Crippen molar-refractivity contribution in [2.75, 3.05) is 18.5 Å². The number of anilines is 1. The number of rotatable bonds is 6. The standard InChI is InChI=1S/C23H30N2O4S/c1-16-7-5-10-22(17(16)2)24-23(26)18-8-6-9-21(15-18)30(27,28)25(3)19-11-13-20(29-4)14-12-19/h6,8-9,11-17,22H,5,7,10H2,1-4H3,(H,24,26)/t16-,17+,22-/m1/s1. The molecule has 1 N–H and O–H groups in total. The van der Waals surface area contributed by atoms with Crippen LogP contribution in [-0.2, 0) is 10.0 Å². The minimum Gasteiger partial charge on any atom is -0.497 e. The highest BCUT2D eigenvalue weighted by Gasteiger charge is 2.29. The molecule has 0 aliphatic heterocycles. The molecule has 1 saturated carbocycles. The van der Waals surface area contributed by atoms with Crippen LogP contribution in [0.2, 0.25) is 0 Å². The largest absolute Gasteiger partial charge is 0.497 e. The van der Waals surface area contributed by atoms with E-state index >= 15 is 0 Å². The maximum atomic E-state index is 13.1. The summed E-state index contributed by atoms with van der Waals surface area (Å²) in [6.07, 6.45) is 3.23. The smallest absolute Gasteiger partial charge is 0.264 e. The Hall–Kier alpha value is -2.54. The van der Waals surface area contributed by atoms with E-state index in [9.17, 15) is 13.2 Å². The van der Waals surface area contributed by atoms with Crippen molar-refractivity contribution in [3.8, 4) is 5.75 Å². The first-order chi connectivity index (χ1) is 14.2. The van der Waals surface area contributed by atoms with Crippen LogP contribution in [0.5, 0.6) is 5.75 Å². The molecular weight excluding hydrogens is 400 g/mol. The number of nitrogens with one attached hydrogen (secondary N) is 1. The van der Waals surface area contributed by atoms with Crippen molar-refractivity contribution in [2.24, 2.45) is 11.8 Å². The Balaban J connectivity index is 1.80. The van der Waals surface area contributed by atoms with Crippen LogP contribution in [-0.4, -0.2) is 34.5 Å². The zero-order valence-corrected chi connectivity index (χ0v) is 18.8. The molecule has 0 saturated heterocycles. The Morgan fingerprint density at radius 2 is 1.80 bits per heavy atom. The third-order valence-corrected chi connectivity index (χ3v) is 8.00. The number of amides is 1. The fourth-order valence-corrected chi connectivity index (χ4v) is 5.17. The van der Waals surface area contributed by atoms with Crippen LogP contribution < -0.4 is 14.4 Å². The molecule has 3 rings (SSSR count). The quantitative estimate of drug-likeness (QED) is 0.749. The van der Waals surface area contributed by atoms with Crippen LogP contribution in [0, 0.1) is 11.8 Å². The molecule has 7 heteroatoms. The van der Waals surface area contributed by atoms with Crippen molar-refractivity contribution in [1.82, 2.24) is 5.32 Å². The lowest BCUT2D eigenvalue weighted by Gasteiger charge is -2.34. The van der Waals surface area contributed by atoms with Gasteiger partial charge in [-0.15, -0.1) is 0 Å². The van der Waals surface area contributed by atoms with E-state index in [1.807, 2.05) is 0 Å². The number of benzene rings is 2. The van der Waals surface area contributed by atoms with Crippen molar-refractivity contribution in [1.29, 1.82) is 0 Å². The normalized spacial score (nSPS) is 21.7. The van der Waals surface area contributed by atoms with Gasteiger partial charge in [-0.2, -0.15) is 0 Å². The van der Waals surface area contributed by atoms with E-state index in [0.717, 1.165) is 12.8 Å². The Kier molecular flexibility index (Phi) is 6.71. The molecule has 0 spiro atoms. The van der Waals surface area contributed by atoms with Gasteiger partial charge in [0.2, 0.25) is 0 Å². The lowest BCUT2D eigenvalue weighted by atomic mass is 9.78. The van der Waals surface area contributed by atoms with Gasteiger partial charge >= 0.3 is 0 Å². The summed E-state index contributed by atoms with van der Waals surface area (Å²) in [7, 11) is -0.756. The number of carbonyl (C=O) groups is 1. The molecular formula is C23H30N2O4S. The van der Waals surface area contributed by atoms with Gasteiger partial charge in [-0.05, 0) is 60.7 Å². The molecule has 2 aromatic carbocycles. The molecule has 1 aliphatic rings. The van der Waals surface area contributed by atoms with Gasteiger partial charge in [0.25, 0.3) is 15.9 Å². The van der Waals surface area contributed by atoms with E-state index in [1.165, 1.54) is 29.9 Å². The third kappa shape index (κ3) is 4.61. The van der Waals surface area contributed by atoms with Crippen LogP contribution in [0.4, 0.5) is 5.69 Å². The lowest BCUT2D eigenvalue weighted by molar-refractivity contribution is 0.0891. The summed E-state index contributed by atoms with van der Waals surface area (Å²) >= 11 is 0. The molecule has 162 valence electrons. The highest BCUT2D eigenvalue weighted by molar-refractivity contribution is 7.92. The van der Waals surface area contributed by atoms with E-state index < -0.39 is 10.0 Å². The number of methoxy groups -OCH3 is 1. The molecule has 0 radical (unpaired) electrons. The summed E-state index contributed by atoms with van der Waals surface area (Å²) < 4.78 is 32.5. The molecule has 0 heterocycles. The van der Waals surface area contributed by atoms with E-state index in [2.05, 4.69) is 19.2 Å². The summed E-state index contributed by atoms with van der Waals surface area (Å²) in [5, 5.41) is 3.11. The van der Waals surface area contributed by atoms with Gasteiger partial charge in [-0.1, -0.05) is 32.8 Å². The average Bonchev–Trinajstić information content (AvgIpc) is 2.76. The van der Waals surface area contributed by atoms with Gasteiger partial charge in [-0.3, -0.25) is 9.10 Å². The summed E-state index contributed by atoms with van der Waals surface area (Å²) in [4.78, 5) is 12.9. The fraction of sp³-hybridized carbons (Fsp3) is 0.435. The molecule has 0 unspecified atom stereocenters. The SMILES string of the molecule is COc1ccc(N(C)S(=O)(=O)c2cccc(C(=O)N[C@@H]3CCC[C@@H](C)[C@@H]3C)c2)cc1. The number of hydrogen-bond donors (Lipinski definition) is 1. The number of nitrogens with zero attached hydrogens (tertiary/aromatic N) is 1. The van der Waals surface area contributed by atoms with Crippen molar-refractivity contribution in [3.05, 3.63) is 54.1 Å². The van der Waals surface area contributed by atoms with Gasteiger partial charge in [-0.25, -0.2) is 8.42 Å². The van der Waals surface area contributed by atoms with E-state index in [4.69, 9.17) is 4.74 Å². The molecule has 3 atom stereocenters. The van der Waals surface area contributed by atoms with E-state index in [1.54, 1.807) is 43.5 Å². The van der Waals surface area contributed by atoms with Gasteiger partial charge in [0.1, 0.15) is 5.75 Å². The van der Waals surface area contributed by atoms with Crippen LogP contribution in [0.15, 0.2) is 53.4 Å². The van der Waals surface area contributed by atoms with Crippen LogP contribution in [0.3, 0.4) is 0 Å². The first-order valence-electron chi connectivity index (χ1n) is 10.3. The second-order valence-electron chi connectivity index (χ2n) is 8.05. The molecule has 1 amide bonds. The molecule has 1 fully saturated rings. The predicted molar refractivity (Wildman–Crippen MR) is 118 cm³/mol. The highest BCUT2D eigenvalue weighted by atomic mass is 32.2. The summed E-state index contributed by atoms with van der Waals surface area (Å²) in [5.74, 6) is 1.38. The Bertz CT molecular complexity index is 989. The number of hydrogen-bond acceptors (Lipinski definition) is 4. The third-order valence-electron chi connectivity index (χ3n) is 6.21. The molecule has 1 aliphatic carbocycles. The van der Waals surface area contributed by atoms with Gasteiger partial charge in [0.15, 0.2) is 0 Å². The molecule has 0 aromatic heterocycles. The minimum atomic E-state index is -3.81. The van der Waals surface area contributed by atoms with Crippen LogP contribution in [0.1, 0.15) is 43.5 Å². The Morgan fingerprint density at radius 1 is 1.10 bits per heavy atom. The first kappa shape index (κ1) is 22.2. The van der Waals surface area contributed by atoms with Gasteiger partial charge < -0.3 is 10.1 Å². The Morgan fingerprint density at radius 3 is 2.47 bits per heavy atom. The minimum absolute atomic E-state index is 0.0820. The van der Waals surface area contributed by atoms with Crippen LogP contribution >= 0.6 is 0 Å². The van der Waals surface area contributed by atoms with Gasteiger partial charge in [0.05, 0.1) is 17.7 Å². The zero-order chi connectivity index (χ0) is 21.9. The first-order valence-corrected chi connectivity index (χ1v) is 11.7. The summed E-state index contributed by atoms with van der Waals surface area (Å²) in [6.45, 7) is 4.38. The van der Waals surface area contributed by atoms with Crippen LogP contribution in [0.25, 0.3) is 0 Å². The monoisotopic (exact) mass is 430 g/mol. The second kappa shape index (κ2) is 9.08. The molecule has 2 aromatic rings. The average molecular weight is 431 g/mol. The number of carbonyl (C=O) groups excluding carboxylic acids is 1. The van der Waals surface area contributed by atoms with Crippen molar-refractivity contribution >= 4 is 21.6 Å². The lowest BCUT2D eigenvalue weighted by Crippen LogP contribution is -2.43. The topological polar surface area (TPSA) is 75.7 Å². The van der Waals surface area contributed by atoms with E-state index in [0.29, 0.717) is 28.8 Å². The summed E-state index contributed by atoms with van der Waals surface area (Å²) in [5.41, 5.74) is 0.861. The predicted octanol–water partition coefficient (Wildman–Crippen LogP) is 4.07. The maximum absolute atomic E-state index is 13.1. The Labute approximate surface area is 179 Å². The number of sulfonamides is 1. The van der Waals surface area contributed by atoms with Crippen molar-refractivity contribution < 1.29 is 17.9 Å². The van der Waals surface area contributed by atoms with Crippen molar-refractivity contribution in [2.45, 2.75) is 44.0 Å². The number of ether oxygens (including phenoxy) is 1. The summed E-state index contributed by atoms with van der Waals surface area (Å²) in [6, 6.07) is 13.1. The molecule has 30 heavy (non-hydrogen) atoms. The van der Waals surface area contributed by atoms with Crippen molar-refractivity contribution in [3.63, 3.8) is 0 Å². The molecule has 6 nitrogen and oxygen atoms in total. The van der Waals surface area contributed by atoms with E-state index in [-0.39, 0.29) is 16.8 Å². The highest BCUT2D eigenvalue weighted by Crippen LogP contribution is 2.30. The fourth-order valence-electron chi connectivity index (χ4n) is 3.92. The zero-order valence-electron chi connectivity index (χ0n) is 18.0.